The quantitative estimate of drug-likeness (QED) is 0.277. The first-order valence-electron chi connectivity index (χ1n) is 10.9. The Hall–Kier alpha value is -3.34. The molecule has 0 radical (unpaired) electrons. The van der Waals surface area contributed by atoms with Crippen molar-refractivity contribution in [3.8, 4) is 11.3 Å². The number of alkyl halides is 3. The van der Waals surface area contributed by atoms with Crippen molar-refractivity contribution < 1.29 is 17.6 Å². The third kappa shape index (κ3) is 3.65. The van der Waals surface area contributed by atoms with Crippen molar-refractivity contribution in [1.82, 2.24) is 4.98 Å². The number of nitrogens with zero attached hydrogens (tertiary/aromatic N) is 1. The second-order valence-electron chi connectivity index (χ2n) is 9.57. The fraction of sp³-hybridized carbons (Fsp3) is 0.250. The van der Waals surface area contributed by atoms with E-state index in [1.165, 1.54) is 13.8 Å². The van der Waals surface area contributed by atoms with Gasteiger partial charge in [0.2, 0.25) is 0 Å². The SMILES string of the molecule is Cc1cc(C)cc(-c2nccc3c2oc2c4ccc(CC(C)(C)C(F)(F)F)cc4ccc32)c1. The van der Waals surface area contributed by atoms with Crippen LogP contribution in [0.5, 0.6) is 0 Å². The number of fused-ring (bicyclic) bond motifs is 5. The van der Waals surface area contributed by atoms with Crippen LogP contribution in [0.1, 0.15) is 30.5 Å². The van der Waals surface area contributed by atoms with Gasteiger partial charge in [-0.05, 0) is 55.5 Å². The van der Waals surface area contributed by atoms with E-state index in [4.69, 9.17) is 4.42 Å². The fourth-order valence-electron chi connectivity index (χ4n) is 4.58. The average Bonchev–Trinajstić information content (AvgIpc) is 3.11. The fourth-order valence-corrected chi connectivity index (χ4v) is 4.58. The van der Waals surface area contributed by atoms with E-state index in [0.29, 0.717) is 11.1 Å². The molecule has 33 heavy (non-hydrogen) atoms. The molecule has 5 aromatic rings. The van der Waals surface area contributed by atoms with Crippen LogP contribution in [0.3, 0.4) is 0 Å². The van der Waals surface area contributed by atoms with Gasteiger partial charge in [0, 0.05) is 27.9 Å². The smallest absolute Gasteiger partial charge is 0.394 e. The second kappa shape index (κ2) is 7.34. The number of pyridine rings is 1. The second-order valence-corrected chi connectivity index (χ2v) is 9.57. The monoisotopic (exact) mass is 447 g/mol. The molecule has 0 aliphatic rings. The highest BCUT2D eigenvalue weighted by Crippen LogP contribution is 2.42. The van der Waals surface area contributed by atoms with Gasteiger partial charge in [0.15, 0.2) is 5.58 Å². The number of halogens is 3. The minimum Gasteiger partial charge on any atom is -0.453 e. The van der Waals surface area contributed by atoms with Crippen LogP contribution in [-0.4, -0.2) is 11.2 Å². The first-order chi connectivity index (χ1) is 15.5. The zero-order valence-electron chi connectivity index (χ0n) is 19.0. The van der Waals surface area contributed by atoms with Crippen LogP contribution >= 0.6 is 0 Å². The molecule has 0 saturated heterocycles. The molecule has 2 heterocycles. The van der Waals surface area contributed by atoms with Gasteiger partial charge in [-0.1, -0.05) is 55.3 Å². The Morgan fingerprint density at radius 1 is 0.788 bits per heavy atom. The predicted octanol–water partition coefficient (Wildman–Crippen LogP) is 8.55. The molecule has 2 nitrogen and oxygen atoms in total. The third-order valence-electron chi connectivity index (χ3n) is 6.34. The van der Waals surface area contributed by atoms with E-state index in [1.807, 2.05) is 30.3 Å². The first kappa shape index (κ1) is 21.5. The maximum absolute atomic E-state index is 13.4. The van der Waals surface area contributed by atoms with Crippen molar-refractivity contribution in [2.24, 2.45) is 5.41 Å². The molecular formula is C28H24F3NO. The Labute approximate surface area is 190 Å². The molecule has 0 saturated carbocycles. The van der Waals surface area contributed by atoms with Gasteiger partial charge in [-0.15, -0.1) is 0 Å². The zero-order valence-corrected chi connectivity index (χ0v) is 19.0. The lowest BCUT2D eigenvalue weighted by Gasteiger charge is -2.27. The molecule has 0 bridgehead atoms. The number of aromatic nitrogens is 1. The largest absolute Gasteiger partial charge is 0.453 e. The van der Waals surface area contributed by atoms with Gasteiger partial charge in [0.05, 0.1) is 5.41 Å². The van der Waals surface area contributed by atoms with Crippen molar-refractivity contribution in [3.63, 3.8) is 0 Å². The minimum absolute atomic E-state index is 0.0780. The highest BCUT2D eigenvalue weighted by atomic mass is 19.4. The molecule has 2 aromatic heterocycles. The summed E-state index contributed by atoms with van der Waals surface area (Å²) in [6.45, 7) is 6.59. The summed E-state index contributed by atoms with van der Waals surface area (Å²) in [5.41, 5.74) is 4.38. The van der Waals surface area contributed by atoms with Crippen LogP contribution in [0.25, 0.3) is 44.0 Å². The maximum Gasteiger partial charge on any atom is 0.394 e. The van der Waals surface area contributed by atoms with E-state index in [0.717, 1.165) is 49.5 Å². The van der Waals surface area contributed by atoms with Crippen molar-refractivity contribution in [1.29, 1.82) is 0 Å². The molecule has 5 heteroatoms. The predicted molar refractivity (Wildman–Crippen MR) is 127 cm³/mol. The maximum atomic E-state index is 13.4. The van der Waals surface area contributed by atoms with Crippen LogP contribution in [0.15, 0.2) is 65.2 Å². The average molecular weight is 448 g/mol. The number of furan rings is 1. The van der Waals surface area contributed by atoms with Gasteiger partial charge < -0.3 is 4.42 Å². The number of hydrogen-bond acceptors (Lipinski definition) is 2. The van der Waals surface area contributed by atoms with Gasteiger partial charge in [0.1, 0.15) is 11.3 Å². The van der Waals surface area contributed by atoms with Crippen molar-refractivity contribution >= 4 is 32.7 Å². The van der Waals surface area contributed by atoms with Crippen molar-refractivity contribution in [3.05, 3.63) is 77.5 Å². The summed E-state index contributed by atoms with van der Waals surface area (Å²) in [6, 6.07) is 17.6. The lowest BCUT2D eigenvalue weighted by Crippen LogP contribution is -2.34. The molecule has 0 N–H and O–H groups in total. The first-order valence-corrected chi connectivity index (χ1v) is 10.9. The summed E-state index contributed by atoms with van der Waals surface area (Å²) in [5, 5.41) is 3.67. The lowest BCUT2D eigenvalue weighted by atomic mass is 9.84. The molecule has 5 rings (SSSR count). The number of aryl methyl sites for hydroxylation is 2. The molecule has 0 aliphatic carbocycles. The number of hydrogen-bond donors (Lipinski definition) is 0. The van der Waals surface area contributed by atoms with E-state index in [1.54, 1.807) is 12.3 Å². The highest BCUT2D eigenvalue weighted by molar-refractivity contribution is 6.16. The highest BCUT2D eigenvalue weighted by Gasteiger charge is 2.46. The van der Waals surface area contributed by atoms with E-state index in [9.17, 15) is 13.2 Å². The number of benzene rings is 3. The summed E-state index contributed by atoms with van der Waals surface area (Å²) in [5.74, 6) is 0. The summed E-state index contributed by atoms with van der Waals surface area (Å²) >= 11 is 0. The Kier molecular flexibility index (Phi) is 4.78. The molecule has 0 unspecified atom stereocenters. The van der Waals surface area contributed by atoms with E-state index < -0.39 is 11.6 Å². The standard InChI is InChI=1S/C28H24F3NO/c1-16-11-17(2)13-20(12-16)24-26-23(9-10-32-24)22-8-6-19-14-18(5-7-21(19)25(22)33-26)15-27(3,4)28(29,30)31/h5-14H,15H2,1-4H3. The molecule has 0 amide bonds. The molecule has 0 fully saturated rings. The zero-order chi connectivity index (χ0) is 23.5. The van der Waals surface area contributed by atoms with Crippen molar-refractivity contribution in [2.75, 3.05) is 0 Å². The van der Waals surface area contributed by atoms with Crippen LogP contribution < -0.4 is 0 Å². The van der Waals surface area contributed by atoms with E-state index >= 15 is 0 Å². The summed E-state index contributed by atoms with van der Waals surface area (Å²) < 4.78 is 46.5. The molecule has 0 spiro atoms. The lowest BCUT2D eigenvalue weighted by molar-refractivity contribution is -0.211. The summed E-state index contributed by atoms with van der Waals surface area (Å²) in [7, 11) is 0. The van der Waals surface area contributed by atoms with Crippen LogP contribution in [0.2, 0.25) is 0 Å². The molecular weight excluding hydrogens is 423 g/mol. The van der Waals surface area contributed by atoms with E-state index in [-0.39, 0.29) is 6.42 Å². The Morgan fingerprint density at radius 3 is 2.15 bits per heavy atom. The normalized spacial score (nSPS) is 12.8. The van der Waals surface area contributed by atoms with Gasteiger partial charge in [-0.25, -0.2) is 0 Å². The third-order valence-corrected chi connectivity index (χ3v) is 6.34. The van der Waals surface area contributed by atoms with Crippen LogP contribution in [0.4, 0.5) is 13.2 Å². The van der Waals surface area contributed by atoms with Crippen LogP contribution in [0, 0.1) is 19.3 Å². The van der Waals surface area contributed by atoms with Crippen molar-refractivity contribution in [2.45, 2.75) is 40.3 Å². The van der Waals surface area contributed by atoms with Gasteiger partial charge in [-0.2, -0.15) is 13.2 Å². The summed E-state index contributed by atoms with van der Waals surface area (Å²) in [4.78, 5) is 4.61. The number of rotatable bonds is 3. The van der Waals surface area contributed by atoms with Gasteiger partial charge >= 0.3 is 6.18 Å². The Balaban J connectivity index is 1.67. The van der Waals surface area contributed by atoms with E-state index in [2.05, 4.69) is 37.0 Å². The Bertz CT molecular complexity index is 1510. The minimum atomic E-state index is -4.26. The Morgan fingerprint density at radius 2 is 1.45 bits per heavy atom. The van der Waals surface area contributed by atoms with Gasteiger partial charge in [-0.3, -0.25) is 4.98 Å². The summed E-state index contributed by atoms with van der Waals surface area (Å²) in [6.07, 6.45) is -2.55. The topological polar surface area (TPSA) is 26.0 Å². The van der Waals surface area contributed by atoms with Gasteiger partial charge in [0.25, 0.3) is 0 Å². The van der Waals surface area contributed by atoms with Crippen LogP contribution in [-0.2, 0) is 6.42 Å². The molecule has 0 aliphatic heterocycles. The molecule has 3 aromatic carbocycles. The molecule has 0 atom stereocenters. The molecule has 168 valence electrons.